The minimum Gasteiger partial charge on any atom is -0.480 e. The Morgan fingerprint density at radius 1 is 1.77 bits per heavy atom. The number of aliphatic carboxylic acids is 1. The molecule has 0 radical (unpaired) electrons. The average molecular weight is 218 g/mol. The van der Waals surface area contributed by atoms with Crippen LogP contribution in [-0.2, 0) is 11.2 Å². The first-order chi connectivity index (χ1) is 6.13. The number of hydrogen-bond acceptors (Lipinski definition) is 5. The molecule has 0 saturated carbocycles. The van der Waals surface area contributed by atoms with Crippen molar-refractivity contribution in [3.63, 3.8) is 0 Å². The van der Waals surface area contributed by atoms with E-state index in [0.29, 0.717) is 0 Å². The van der Waals surface area contributed by atoms with E-state index in [1.165, 1.54) is 23.3 Å². The van der Waals surface area contributed by atoms with Crippen molar-refractivity contribution < 1.29 is 9.90 Å². The molecule has 13 heavy (non-hydrogen) atoms. The van der Waals surface area contributed by atoms with Crippen LogP contribution in [0, 0.1) is 0 Å². The zero-order valence-electron chi connectivity index (χ0n) is 7.35. The van der Waals surface area contributed by atoms with Crippen LogP contribution in [0.2, 0.25) is 0 Å². The lowest BCUT2D eigenvalue weighted by Crippen LogP contribution is -2.10. The molecule has 1 rings (SSSR count). The van der Waals surface area contributed by atoms with Gasteiger partial charge in [-0.1, -0.05) is 18.7 Å². The number of aryl methyl sites for hydroxylation is 1. The maximum Gasteiger partial charge on any atom is 0.316 e. The van der Waals surface area contributed by atoms with Gasteiger partial charge in [0.15, 0.2) is 4.34 Å². The van der Waals surface area contributed by atoms with Crippen molar-refractivity contribution >= 4 is 29.3 Å². The summed E-state index contributed by atoms with van der Waals surface area (Å²) in [5.41, 5.74) is 0. The van der Waals surface area contributed by atoms with E-state index in [9.17, 15) is 4.79 Å². The average Bonchev–Trinajstić information content (AvgIpc) is 2.52. The number of aromatic nitrogens is 2. The number of rotatable bonds is 4. The van der Waals surface area contributed by atoms with Crippen LogP contribution in [0.4, 0.5) is 0 Å². The van der Waals surface area contributed by atoms with Crippen molar-refractivity contribution in [2.24, 2.45) is 0 Å². The summed E-state index contributed by atoms with van der Waals surface area (Å²) in [6.07, 6.45) is 0.790. The van der Waals surface area contributed by atoms with Crippen LogP contribution in [0.5, 0.6) is 0 Å². The van der Waals surface area contributed by atoms with Gasteiger partial charge >= 0.3 is 5.97 Å². The van der Waals surface area contributed by atoms with E-state index < -0.39 is 11.2 Å². The van der Waals surface area contributed by atoms with Crippen molar-refractivity contribution in [1.29, 1.82) is 0 Å². The van der Waals surface area contributed by atoms with Crippen molar-refractivity contribution in [1.82, 2.24) is 9.36 Å². The fraction of sp³-hybridized carbons (Fsp3) is 0.571. The molecule has 1 atom stereocenters. The Kier molecular flexibility index (Phi) is 3.68. The minimum absolute atomic E-state index is 0.461. The van der Waals surface area contributed by atoms with Gasteiger partial charge < -0.3 is 5.11 Å². The monoisotopic (exact) mass is 218 g/mol. The van der Waals surface area contributed by atoms with Gasteiger partial charge in [-0.15, -0.1) is 0 Å². The Morgan fingerprint density at radius 3 is 2.92 bits per heavy atom. The molecule has 1 aromatic heterocycles. The summed E-state index contributed by atoms with van der Waals surface area (Å²) in [4.78, 5) is 14.7. The van der Waals surface area contributed by atoms with Crippen molar-refractivity contribution in [3.05, 3.63) is 5.82 Å². The molecule has 0 amide bonds. The SMILES string of the molecule is CCc1nsc(SC(C)C(=O)O)n1. The largest absolute Gasteiger partial charge is 0.480 e. The van der Waals surface area contributed by atoms with Crippen LogP contribution in [0.25, 0.3) is 0 Å². The third-order valence-electron chi connectivity index (χ3n) is 1.39. The normalized spacial score (nSPS) is 12.8. The summed E-state index contributed by atoms with van der Waals surface area (Å²) >= 11 is 2.49. The predicted molar refractivity (Wildman–Crippen MR) is 52.2 cm³/mol. The first kappa shape index (κ1) is 10.5. The number of carbonyl (C=O) groups is 1. The summed E-state index contributed by atoms with van der Waals surface area (Å²) in [6.45, 7) is 3.61. The molecule has 1 aromatic rings. The molecule has 6 heteroatoms. The lowest BCUT2D eigenvalue weighted by Gasteiger charge is -2.00. The molecule has 1 heterocycles. The van der Waals surface area contributed by atoms with Gasteiger partial charge in [0.05, 0.1) is 0 Å². The molecular formula is C7H10N2O2S2. The zero-order valence-corrected chi connectivity index (χ0v) is 8.98. The highest BCUT2D eigenvalue weighted by Gasteiger charge is 2.14. The van der Waals surface area contributed by atoms with Gasteiger partial charge in [-0.05, 0) is 18.5 Å². The molecule has 1 unspecified atom stereocenters. The van der Waals surface area contributed by atoms with Gasteiger partial charge in [-0.3, -0.25) is 4.79 Å². The van der Waals surface area contributed by atoms with Gasteiger partial charge in [0, 0.05) is 6.42 Å². The third-order valence-corrected chi connectivity index (χ3v) is 3.30. The number of carboxylic acid groups (broad SMARTS) is 1. The van der Waals surface area contributed by atoms with Crippen LogP contribution < -0.4 is 0 Å². The van der Waals surface area contributed by atoms with Gasteiger partial charge in [0.1, 0.15) is 11.1 Å². The Hall–Kier alpha value is -0.620. The van der Waals surface area contributed by atoms with Gasteiger partial charge in [0.25, 0.3) is 0 Å². The molecule has 0 aromatic carbocycles. The fourth-order valence-corrected chi connectivity index (χ4v) is 2.41. The topological polar surface area (TPSA) is 63.1 Å². The van der Waals surface area contributed by atoms with Gasteiger partial charge in [-0.25, -0.2) is 4.98 Å². The Labute approximate surface area is 84.6 Å². The molecule has 1 N–H and O–H groups in total. The van der Waals surface area contributed by atoms with Crippen LogP contribution in [0.15, 0.2) is 4.34 Å². The lowest BCUT2D eigenvalue weighted by molar-refractivity contribution is -0.136. The summed E-state index contributed by atoms with van der Waals surface area (Å²) in [6, 6.07) is 0. The number of hydrogen-bond donors (Lipinski definition) is 1. The third kappa shape index (κ3) is 2.96. The summed E-state index contributed by atoms with van der Waals surface area (Å²) in [7, 11) is 0. The number of carboxylic acids is 1. The Morgan fingerprint density at radius 2 is 2.46 bits per heavy atom. The highest BCUT2D eigenvalue weighted by atomic mass is 32.2. The van der Waals surface area contributed by atoms with Crippen LogP contribution in [-0.4, -0.2) is 25.7 Å². The second kappa shape index (κ2) is 4.57. The minimum atomic E-state index is -0.821. The van der Waals surface area contributed by atoms with Gasteiger partial charge in [0.2, 0.25) is 0 Å². The molecule has 0 aliphatic carbocycles. The first-order valence-electron chi connectivity index (χ1n) is 3.85. The molecule has 0 saturated heterocycles. The van der Waals surface area contributed by atoms with Crippen LogP contribution in [0.3, 0.4) is 0 Å². The van der Waals surface area contributed by atoms with E-state index >= 15 is 0 Å². The highest BCUT2D eigenvalue weighted by Crippen LogP contribution is 2.24. The Bertz CT molecular complexity index is 300. The molecule has 0 spiro atoms. The summed E-state index contributed by atoms with van der Waals surface area (Å²) in [5.74, 6) is -0.0386. The molecule has 0 fully saturated rings. The second-order valence-corrected chi connectivity index (χ2v) is 4.77. The van der Waals surface area contributed by atoms with Gasteiger partial charge in [-0.2, -0.15) is 4.37 Å². The quantitative estimate of drug-likeness (QED) is 0.779. The van der Waals surface area contributed by atoms with Crippen molar-refractivity contribution in [2.75, 3.05) is 0 Å². The fourth-order valence-electron chi connectivity index (χ4n) is 0.631. The van der Waals surface area contributed by atoms with Crippen LogP contribution in [0.1, 0.15) is 19.7 Å². The first-order valence-corrected chi connectivity index (χ1v) is 5.50. The van der Waals surface area contributed by atoms with E-state index in [-0.39, 0.29) is 0 Å². The van der Waals surface area contributed by atoms with Crippen molar-refractivity contribution in [2.45, 2.75) is 29.9 Å². The van der Waals surface area contributed by atoms with E-state index in [1.807, 2.05) is 6.92 Å². The lowest BCUT2D eigenvalue weighted by atomic mass is 10.5. The zero-order chi connectivity index (χ0) is 9.84. The molecule has 4 nitrogen and oxygen atoms in total. The van der Waals surface area contributed by atoms with Crippen LogP contribution >= 0.6 is 23.3 Å². The molecule has 0 aliphatic heterocycles. The molecule has 0 aliphatic rings. The van der Waals surface area contributed by atoms with E-state index in [2.05, 4.69) is 9.36 Å². The number of thioether (sulfide) groups is 1. The van der Waals surface area contributed by atoms with E-state index in [1.54, 1.807) is 6.92 Å². The molecular weight excluding hydrogens is 208 g/mol. The summed E-state index contributed by atoms with van der Waals surface area (Å²) in [5, 5.41) is 8.18. The number of nitrogens with zero attached hydrogens (tertiary/aromatic N) is 2. The smallest absolute Gasteiger partial charge is 0.316 e. The molecule has 0 bridgehead atoms. The standard InChI is InChI=1S/C7H10N2O2S2/c1-3-5-8-7(13-9-5)12-4(2)6(10)11/h4H,3H2,1-2H3,(H,10,11). The highest BCUT2D eigenvalue weighted by molar-refractivity contribution is 8.02. The summed E-state index contributed by atoms with van der Waals surface area (Å²) < 4.78 is 4.79. The maximum absolute atomic E-state index is 10.5. The Balaban J connectivity index is 2.58. The second-order valence-electron chi connectivity index (χ2n) is 2.43. The predicted octanol–water partition coefficient (Wildman–Crippen LogP) is 1.67. The van der Waals surface area contributed by atoms with Crippen molar-refractivity contribution in [3.8, 4) is 0 Å². The van der Waals surface area contributed by atoms with E-state index in [0.717, 1.165) is 16.6 Å². The van der Waals surface area contributed by atoms with E-state index in [4.69, 9.17) is 5.11 Å². The molecule has 72 valence electrons. The maximum atomic E-state index is 10.5.